The molecule has 0 radical (unpaired) electrons. The van der Waals surface area contributed by atoms with Crippen LogP contribution >= 0.6 is 0 Å². The van der Waals surface area contributed by atoms with Crippen LogP contribution in [0, 0.1) is 6.92 Å². The molecule has 1 amide bonds. The summed E-state index contributed by atoms with van der Waals surface area (Å²) in [5, 5.41) is 5.82. The van der Waals surface area contributed by atoms with E-state index in [0.717, 1.165) is 12.2 Å². The summed E-state index contributed by atoms with van der Waals surface area (Å²) in [5.74, 6) is 0.720. The fourth-order valence-electron chi connectivity index (χ4n) is 1.07. The topological polar surface area (TPSA) is 92.9 Å². The summed E-state index contributed by atoms with van der Waals surface area (Å²) in [6, 6.07) is 1.75. The van der Waals surface area contributed by atoms with Gasteiger partial charge in [-0.3, -0.25) is 4.79 Å². The third kappa shape index (κ3) is 3.80. The Balaban J connectivity index is 2.74. The molecule has 82 valence electrons. The number of carbonyl (C=O) groups excluding carboxylic acids is 1. The molecule has 1 aromatic rings. The van der Waals surface area contributed by atoms with E-state index in [9.17, 15) is 4.79 Å². The first kappa shape index (κ1) is 11.2. The molecule has 0 unspecified atom stereocenters. The highest BCUT2D eigenvalue weighted by Crippen LogP contribution is 2.08. The van der Waals surface area contributed by atoms with Gasteiger partial charge in [-0.25, -0.2) is 4.98 Å². The summed E-state index contributed by atoms with van der Waals surface area (Å²) in [6.45, 7) is 4.64. The fourth-order valence-corrected chi connectivity index (χ4v) is 1.07. The largest absolute Gasteiger partial charge is 0.368 e. The number of nitrogens with zero attached hydrogens (tertiary/aromatic N) is 2. The van der Waals surface area contributed by atoms with E-state index in [0.29, 0.717) is 11.8 Å². The van der Waals surface area contributed by atoms with Gasteiger partial charge >= 0.3 is 0 Å². The van der Waals surface area contributed by atoms with E-state index < -0.39 is 5.91 Å². The summed E-state index contributed by atoms with van der Waals surface area (Å²) < 4.78 is 0. The number of amides is 1. The van der Waals surface area contributed by atoms with Crippen molar-refractivity contribution in [1.82, 2.24) is 9.97 Å². The van der Waals surface area contributed by atoms with E-state index in [2.05, 4.69) is 20.6 Å². The summed E-state index contributed by atoms with van der Waals surface area (Å²) in [5.41, 5.74) is 5.84. The number of aryl methyl sites for hydroxylation is 1. The van der Waals surface area contributed by atoms with Crippen molar-refractivity contribution in [3.8, 4) is 0 Å². The van der Waals surface area contributed by atoms with Gasteiger partial charge in [0.1, 0.15) is 5.82 Å². The van der Waals surface area contributed by atoms with E-state index in [1.54, 1.807) is 6.07 Å². The molecule has 1 heterocycles. The summed E-state index contributed by atoms with van der Waals surface area (Å²) >= 11 is 0. The second kappa shape index (κ2) is 5.14. The number of hydrogen-bond donors (Lipinski definition) is 3. The maximum Gasteiger partial charge on any atom is 0.236 e. The summed E-state index contributed by atoms with van der Waals surface area (Å²) in [4.78, 5) is 18.9. The van der Waals surface area contributed by atoms with Gasteiger partial charge in [-0.1, -0.05) is 0 Å². The predicted molar refractivity (Wildman–Crippen MR) is 58.6 cm³/mol. The average Bonchev–Trinajstić information content (AvgIpc) is 2.14. The molecule has 1 aromatic heterocycles. The molecule has 0 aliphatic rings. The van der Waals surface area contributed by atoms with E-state index in [-0.39, 0.29) is 6.54 Å². The minimum atomic E-state index is -0.420. The van der Waals surface area contributed by atoms with E-state index in [1.807, 2.05) is 13.8 Å². The number of hydrogen-bond acceptors (Lipinski definition) is 5. The molecule has 15 heavy (non-hydrogen) atoms. The lowest BCUT2D eigenvalue weighted by Gasteiger charge is -2.07. The number of nitrogens with two attached hydrogens (primary N) is 1. The first-order valence-electron chi connectivity index (χ1n) is 4.73. The molecule has 0 aromatic carbocycles. The van der Waals surface area contributed by atoms with Gasteiger partial charge in [-0.15, -0.1) is 0 Å². The SMILES string of the molecule is CCNc1nc(C)cc(NCC(N)=O)n1. The minimum absolute atomic E-state index is 0.0714. The zero-order valence-electron chi connectivity index (χ0n) is 8.87. The Hall–Kier alpha value is -1.85. The van der Waals surface area contributed by atoms with E-state index in [1.165, 1.54) is 0 Å². The smallest absolute Gasteiger partial charge is 0.236 e. The van der Waals surface area contributed by atoms with Crippen LogP contribution in [0.3, 0.4) is 0 Å². The summed E-state index contributed by atoms with van der Waals surface area (Å²) in [7, 11) is 0. The Morgan fingerprint density at radius 2 is 2.20 bits per heavy atom. The van der Waals surface area contributed by atoms with E-state index in [4.69, 9.17) is 5.73 Å². The number of nitrogens with one attached hydrogen (secondary N) is 2. The third-order valence-electron chi connectivity index (χ3n) is 1.63. The van der Waals surface area contributed by atoms with Gasteiger partial charge in [0, 0.05) is 18.3 Å². The zero-order valence-corrected chi connectivity index (χ0v) is 8.87. The molecule has 0 bridgehead atoms. The van der Waals surface area contributed by atoms with Gasteiger partial charge in [0.05, 0.1) is 6.54 Å². The van der Waals surface area contributed by atoms with Crippen molar-refractivity contribution in [1.29, 1.82) is 0 Å². The van der Waals surface area contributed by atoms with Crippen molar-refractivity contribution in [2.75, 3.05) is 23.7 Å². The van der Waals surface area contributed by atoms with Crippen molar-refractivity contribution in [3.63, 3.8) is 0 Å². The normalized spacial score (nSPS) is 9.73. The standard InChI is InChI=1S/C9H15N5O/c1-3-11-9-13-6(2)4-8(14-9)12-5-7(10)15/h4H,3,5H2,1-2H3,(H2,10,15)(H2,11,12,13,14). The Kier molecular flexibility index (Phi) is 3.84. The van der Waals surface area contributed by atoms with Crippen LogP contribution in [0.5, 0.6) is 0 Å². The van der Waals surface area contributed by atoms with Crippen LogP contribution in [0.4, 0.5) is 11.8 Å². The van der Waals surface area contributed by atoms with Crippen molar-refractivity contribution >= 4 is 17.7 Å². The molecule has 6 heteroatoms. The number of aromatic nitrogens is 2. The maximum absolute atomic E-state index is 10.6. The van der Waals surface area contributed by atoms with E-state index >= 15 is 0 Å². The highest BCUT2D eigenvalue weighted by Gasteiger charge is 2.01. The second-order valence-electron chi connectivity index (χ2n) is 3.07. The number of rotatable bonds is 5. The quantitative estimate of drug-likeness (QED) is 0.640. The zero-order chi connectivity index (χ0) is 11.3. The molecule has 0 atom stereocenters. The molecule has 0 spiro atoms. The molecule has 4 N–H and O–H groups in total. The minimum Gasteiger partial charge on any atom is -0.368 e. The Morgan fingerprint density at radius 3 is 2.80 bits per heavy atom. The predicted octanol–water partition coefficient (Wildman–Crippen LogP) is 0.114. The fraction of sp³-hybridized carbons (Fsp3) is 0.444. The van der Waals surface area contributed by atoms with Gasteiger partial charge in [-0.05, 0) is 13.8 Å². The highest BCUT2D eigenvalue weighted by molar-refractivity contribution is 5.78. The molecule has 1 rings (SSSR count). The van der Waals surface area contributed by atoms with Crippen LogP contribution < -0.4 is 16.4 Å². The van der Waals surface area contributed by atoms with Gasteiger partial charge in [0.25, 0.3) is 0 Å². The Bertz CT molecular complexity index is 352. The average molecular weight is 209 g/mol. The van der Waals surface area contributed by atoms with Crippen LogP contribution in [0.25, 0.3) is 0 Å². The van der Waals surface area contributed by atoms with Crippen LogP contribution in [0.15, 0.2) is 6.07 Å². The van der Waals surface area contributed by atoms with Crippen LogP contribution in [0.2, 0.25) is 0 Å². The Labute approximate surface area is 88.3 Å². The van der Waals surface area contributed by atoms with Gasteiger partial charge < -0.3 is 16.4 Å². The van der Waals surface area contributed by atoms with Crippen LogP contribution in [-0.2, 0) is 4.79 Å². The maximum atomic E-state index is 10.6. The van der Waals surface area contributed by atoms with Gasteiger partial charge in [0.15, 0.2) is 0 Å². The lowest BCUT2D eigenvalue weighted by atomic mass is 10.4. The van der Waals surface area contributed by atoms with Crippen molar-refractivity contribution in [3.05, 3.63) is 11.8 Å². The molecular formula is C9H15N5O. The second-order valence-corrected chi connectivity index (χ2v) is 3.07. The molecule has 6 nitrogen and oxygen atoms in total. The lowest BCUT2D eigenvalue weighted by Crippen LogP contribution is -2.22. The van der Waals surface area contributed by atoms with Crippen molar-refractivity contribution in [2.45, 2.75) is 13.8 Å². The highest BCUT2D eigenvalue weighted by atomic mass is 16.1. The number of carbonyl (C=O) groups is 1. The molecule has 0 aliphatic carbocycles. The van der Waals surface area contributed by atoms with Crippen LogP contribution in [0.1, 0.15) is 12.6 Å². The number of primary amides is 1. The van der Waals surface area contributed by atoms with Crippen molar-refractivity contribution < 1.29 is 4.79 Å². The lowest BCUT2D eigenvalue weighted by molar-refractivity contribution is -0.116. The first-order chi connectivity index (χ1) is 7.11. The molecule has 0 saturated heterocycles. The Morgan fingerprint density at radius 1 is 1.47 bits per heavy atom. The monoisotopic (exact) mass is 209 g/mol. The van der Waals surface area contributed by atoms with Crippen molar-refractivity contribution in [2.24, 2.45) is 5.73 Å². The van der Waals surface area contributed by atoms with Gasteiger partial charge in [0.2, 0.25) is 11.9 Å². The third-order valence-corrected chi connectivity index (χ3v) is 1.63. The molecule has 0 saturated carbocycles. The summed E-state index contributed by atoms with van der Waals surface area (Å²) in [6.07, 6.45) is 0. The molecular weight excluding hydrogens is 194 g/mol. The van der Waals surface area contributed by atoms with Gasteiger partial charge in [-0.2, -0.15) is 4.98 Å². The molecule has 0 aliphatic heterocycles. The molecule has 0 fully saturated rings. The first-order valence-corrected chi connectivity index (χ1v) is 4.73. The van der Waals surface area contributed by atoms with Crippen LogP contribution in [-0.4, -0.2) is 29.0 Å². The number of anilines is 2.